The quantitative estimate of drug-likeness (QED) is 0.380. The van der Waals surface area contributed by atoms with E-state index >= 15 is 0 Å². The predicted molar refractivity (Wildman–Crippen MR) is 33.6 cm³/mol. The molecule has 5 heteroatoms. The number of hydrogen-bond donors (Lipinski definition) is 2. The molecule has 0 aromatic rings. The molecule has 0 heterocycles. The summed E-state index contributed by atoms with van der Waals surface area (Å²) in [6, 6.07) is -0.782. The Morgan fingerprint density at radius 2 is 2.30 bits per heavy atom. The Bertz CT molecular complexity index is 126. The van der Waals surface area contributed by atoms with Crippen LogP contribution in [0.1, 0.15) is 12.8 Å². The molecule has 0 aliphatic rings. The summed E-state index contributed by atoms with van der Waals surface area (Å²) in [4.78, 5) is 24.0. The molecule has 1 unspecified atom stereocenters. The summed E-state index contributed by atoms with van der Waals surface area (Å²) in [6.45, 7) is 0. The van der Waals surface area contributed by atoms with Crippen LogP contribution in [0.3, 0.4) is 0 Å². The minimum Gasteiger partial charge on any atom is -0.372 e. The van der Waals surface area contributed by atoms with Gasteiger partial charge in [0, 0.05) is 6.42 Å². The number of hydrogen-bond acceptors (Lipinski definition) is 5. The van der Waals surface area contributed by atoms with E-state index in [9.17, 15) is 9.59 Å². The molecule has 1 atom stereocenters. The van der Waals surface area contributed by atoms with Gasteiger partial charge in [-0.1, -0.05) is 0 Å². The summed E-state index contributed by atoms with van der Waals surface area (Å²) in [5, 5.41) is 0. The molecule has 10 heavy (non-hydrogen) atoms. The molecule has 0 saturated carbocycles. The minimum atomic E-state index is -0.782. The predicted octanol–water partition coefficient (Wildman–Crippen LogP) is -1.29. The average molecular weight is 146 g/mol. The molecule has 0 aromatic heterocycles. The van der Waals surface area contributed by atoms with E-state index in [-0.39, 0.29) is 12.8 Å². The fraction of sp³-hybridized carbons (Fsp3) is 0.600. The summed E-state index contributed by atoms with van der Waals surface area (Å²) < 4.78 is 0. The standard InChI is InChI=1S/C5H10N2O3/c6-4(2-1-3-8)5(9)10-7/h3-4H,1-2,6-7H2. The molecule has 0 saturated heterocycles. The lowest BCUT2D eigenvalue weighted by Gasteiger charge is -2.04. The summed E-state index contributed by atoms with van der Waals surface area (Å²) in [5.74, 6) is 3.83. The highest BCUT2D eigenvalue weighted by atomic mass is 16.7. The highest BCUT2D eigenvalue weighted by molar-refractivity contribution is 5.75. The molecule has 0 amide bonds. The van der Waals surface area contributed by atoms with Gasteiger partial charge in [0.25, 0.3) is 0 Å². The zero-order valence-corrected chi connectivity index (χ0v) is 5.45. The van der Waals surface area contributed by atoms with Crippen LogP contribution in [0.25, 0.3) is 0 Å². The van der Waals surface area contributed by atoms with E-state index in [4.69, 9.17) is 5.73 Å². The van der Waals surface area contributed by atoms with Crippen LogP contribution >= 0.6 is 0 Å². The molecule has 0 bridgehead atoms. The first-order valence-electron chi connectivity index (χ1n) is 2.82. The first-order valence-corrected chi connectivity index (χ1v) is 2.82. The summed E-state index contributed by atoms with van der Waals surface area (Å²) in [5.41, 5.74) is 5.20. The lowest BCUT2D eigenvalue weighted by atomic mass is 10.2. The van der Waals surface area contributed by atoms with E-state index in [0.29, 0.717) is 6.29 Å². The van der Waals surface area contributed by atoms with Gasteiger partial charge in [-0.15, -0.1) is 0 Å². The Balaban J connectivity index is 3.50. The molecule has 0 rings (SSSR count). The first kappa shape index (κ1) is 9.06. The van der Waals surface area contributed by atoms with Gasteiger partial charge >= 0.3 is 5.97 Å². The molecule has 0 aromatic carbocycles. The lowest BCUT2D eigenvalue weighted by Crippen LogP contribution is -2.33. The van der Waals surface area contributed by atoms with Crippen molar-refractivity contribution in [2.24, 2.45) is 11.6 Å². The number of aldehydes is 1. The van der Waals surface area contributed by atoms with Gasteiger partial charge in [0.1, 0.15) is 12.3 Å². The van der Waals surface area contributed by atoms with E-state index in [1.165, 1.54) is 0 Å². The van der Waals surface area contributed by atoms with Crippen molar-refractivity contribution in [1.29, 1.82) is 0 Å². The number of rotatable bonds is 4. The van der Waals surface area contributed by atoms with Crippen LogP contribution < -0.4 is 11.6 Å². The third-order valence-electron chi connectivity index (χ3n) is 1.01. The van der Waals surface area contributed by atoms with Gasteiger partial charge in [-0.25, -0.2) is 4.79 Å². The summed E-state index contributed by atoms with van der Waals surface area (Å²) >= 11 is 0. The minimum absolute atomic E-state index is 0.246. The topological polar surface area (TPSA) is 95.4 Å². The zero-order chi connectivity index (χ0) is 7.98. The van der Waals surface area contributed by atoms with Crippen LogP contribution in [0, 0.1) is 0 Å². The second-order valence-corrected chi connectivity index (χ2v) is 1.79. The van der Waals surface area contributed by atoms with Gasteiger partial charge in [0.05, 0.1) is 0 Å². The molecular formula is C5H10N2O3. The van der Waals surface area contributed by atoms with Crippen LogP contribution in [0.5, 0.6) is 0 Å². The Hall–Kier alpha value is -0.940. The van der Waals surface area contributed by atoms with Crippen molar-refractivity contribution in [1.82, 2.24) is 0 Å². The maximum absolute atomic E-state index is 10.4. The summed E-state index contributed by atoms with van der Waals surface area (Å²) in [6.07, 6.45) is 1.21. The SMILES string of the molecule is NOC(=O)C(N)CCC=O. The van der Waals surface area contributed by atoms with Crippen molar-refractivity contribution in [3.05, 3.63) is 0 Å². The van der Waals surface area contributed by atoms with Crippen LogP contribution in [-0.4, -0.2) is 18.3 Å². The average Bonchev–Trinajstić information content (AvgIpc) is 1.98. The Morgan fingerprint density at radius 1 is 1.70 bits per heavy atom. The molecule has 58 valence electrons. The van der Waals surface area contributed by atoms with Gasteiger partial charge in [-0.3, -0.25) is 0 Å². The fourth-order valence-corrected chi connectivity index (χ4v) is 0.453. The van der Waals surface area contributed by atoms with Gasteiger partial charge < -0.3 is 15.4 Å². The monoisotopic (exact) mass is 146 g/mol. The number of nitrogens with two attached hydrogens (primary N) is 2. The van der Waals surface area contributed by atoms with Crippen molar-refractivity contribution < 1.29 is 14.4 Å². The Kier molecular flexibility index (Phi) is 4.43. The molecule has 5 nitrogen and oxygen atoms in total. The largest absolute Gasteiger partial charge is 0.372 e. The van der Waals surface area contributed by atoms with Crippen LogP contribution in [0.4, 0.5) is 0 Å². The Labute approximate surface area is 58.3 Å². The molecule has 0 radical (unpaired) electrons. The van der Waals surface area contributed by atoms with E-state index in [1.807, 2.05) is 0 Å². The maximum atomic E-state index is 10.4. The molecule has 0 spiro atoms. The second-order valence-electron chi connectivity index (χ2n) is 1.79. The van der Waals surface area contributed by atoms with Crippen LogP contribution in [0.15, 0.2) is 0 Å². The van der Waals surface area contributed by atoms with Gasteiger partial charge in [-0.05, 0) is 6.42 Å². The third-order valence-corrected chi connectivity index (χ3v) is 1.01. The van der Waals surface area contributed by atoms with Crippen molar-refractivity contribution in [3.8, 4) is 0 Å². The van der Waals surface area contributed by atoms with Crippen molar-refractivity contribution in [3.63, 3.8) is 0 Å². The van der Waals surface area contributed by atoms with Gasteiger partial charge in [0.2, 0.25) is 0 Å². The number of carbonyl (C=O) groups is 2. The Morgan fingerprint density at radius 3 is 2.70 bits per heavy atom. The highest BCUT2D eigenvalue weighted by Gasteiger charge is 2.12. The van der Waals surface area contributed by atoms with Gasteiger partial charge in [-0.2, -0.15) is 5.90 Å². The lowest BCUT2D eigenvalue weighted by molar-refractivity contribution is -0.145. The van der Waals surface area contributed by atoms with E-state index in [2.05, 4.69) is 10.7 Å². The first-order chi connectivity index (χ1) is 4.72. The van der Waals surface area contributed by atoms with E-state index in [0.717, 1.165) is 0 Å². The van der Waals surface area contributed by atoms with Crippen LogP contribution in [0.2, 0.25) is 0 Å². The molecule has 0 aliphatic heterocycles. The van der Waals surface area contributed by atoms with Crippen molar-refractivity contribution in [2.45, 2.75) is 18.9 Å². The molecular weight excluding hydrogens is 136 g/mol. The highest BCUT2D eigenvalue weighted by Crippen LogP contribution is 1.92. The third kappa shape index (κ3) is 3.16. The second kappa shape index (κ2) is 4.89. The maximum Gasteiger partial charge on any atom is 0.341 e. The molecule has 4 N–H and O–H groups in total. The normalized spacial score (nSPS) is 12.2. The van der Waals surface area contributed by atoms with Gasteiger partial charge in [0.15, 0.2) is 0 Å². The summed E-state index contributed by atoms with van der Waals surface area (Å²) in [7, 11) is 0. The van der Waals surface area contributed by atoms with Crippen molar-refractivity contribution >= 4 is 12.3 Å². The van der Waals surface area contributed by atoms with E-state index < -0.39 is 12.0 Å². The van der Waals surface area contributed by atoms with Crippen molar-refractivity contribution in [2.75, 3.05) is 0 Å². The number of carbonyl (C=O) groups excluding carboxylic acids is 2. The smallest absolute Gasteiger partial charge is 0.341 e. The van der Waals surface area contributed by atoms with Crippen LogP contribution in [-0.2, 0) is 14.4 Å². The fourth-order valence-electron chi connectivity index (χ4n) is 0.453. The molecule has 0 aliphatic carbocycles. The zero-order valence-electron chi connectivity index (χ0n) is 5.45. The molecule has 0 fully saturated rings. The van der Waals surface area contributed by atoms with E-state index in [1.54, 1.807) is 0 Å².